The molecule has 0 amide bonds. The van der Waals surface area contributed by atoms with Crippen molar-refractivity contribution in [1.29, 1.82) is 0 Å². The normalized spacial score (nSPS) is 11.9. The minimum absolute atomic E-state index is 0.474. The first-order valence-electron chi connectivity index (χ1n) is 5.47. The first-order chi connectivity index (χ1) is 7.88. The molecule has 0 fully saturated rings. The van der Waals surface area contributed by atoms with Crippen LogP contribution >= 0.6 is 11.3 Å². The largest absolute Gasteiger partial charge is 0.310 e. The van der Waals surface area contributed by atoms with E-state index in [4.69, 9.17) is 0 Å². The Bertz CT molecular complexity index is 435. The van der Waals surface area contributed by atoms with E-state index in [2.05, 4.69) is 21.9 Å². The molecule has 2 N–H and O–H groups in total. The first-order valence-corrected chi connectivity index (χ1v) is 8.17. The summed E-state index contributed by atoms with van der Waals surface area (Å²) in [6, 6.07) is 0. The Morgan fingerprint density at radius 3 is 2.53 bits per heavy atom. The van der Waals surface area contributed by atoms with Crippen molar-refractivity contribution in [3.8, 4) is 0 Å². The lowest BCUT2D eigenvalue weighted by Gasteiger charge is -2.03. The van der Waals surface area contributed by atoms with Crippen molar-refractivity contribution >= 4 is 21.4 Å². The summed E-state index contributed by atoms with van der Waals surface area (Å²) in [4.78, 5) is 5.66. The highest BCUT2D eigenvalue weighted by molar-refractivity contribution is 7.88. The van der Waals surface area contributed by atoms with Crippen LogP contribution in [-0.4, -0.2) is 32.7 Å². The second kappa shape index (κ2) is 6.44. The van der Waals surface area contributed by atoms with Gasteiger partial charge in [0.05, 0.1) is 11.9 Å². The number of aromatic nitrogens is 1. The van der Waals surface area contributed by atoms with Gasteiger partial charge in [0.1, 0.15) is 5.01 Å². The molecule has 0 saturated carbocycles. The third-order valence-corrected chi connectivity index (χ3v) is 4.04. The van der Waals surface area contributed by atoms with E-state index in [1.807, 2.05) is 6.92 Å². The van der Waals surface area contributed by atoms with E-state index in [1.165, 1.54) is 11.1 Å². The highest BCUT2D eigenvalue weighted by atomic mass is 32.2. The highest BCUT2D eigenvalue weighted by Gasteiger charge is 2.03. The van der Waals surface area contributed by atoms with Crippen molar-refractivity contribution in [1.82, 2.24) is 15.0 Å². The van der Waals surface area contributed by atoms with Gasteiger partial charge in [0, 0.05) is 18.0 Å². The summed E-state index contributed by atoms with van der Waals surface area (Å²) in [5, 5.41) is 4.32. The van der Waals surface area contributed by atoms with Crippen LogP contribution in [-0.2, 0) is 16.6 Å². The van der Waals surface area contributed by atoms with Crippen LogP contribution in [0.2, 0.25) is 0 Å². The van der Waals surface area contributed by atoms with Crippen molar-refractivity contribution in [2.75, 3.05) is 19.3 Å². The number of hydrogen-bond acceptors (Lipinski definition) is 5. The molecule has 0 atom stereocenters. The van der Waals surface area contributed by atoms with E-state index in [1.54, 1.807) is 11.3 Å². The molecule has 0 radical (unpaired) electrons. The predicted octanol–water partition coefficient (Wildman–Crippen LogP) is 0.789. The van der Waals surface area contributed by atoms with Crippen molar-refractivity contribution < 1.29 is 8.42 Å². The van der Waals surface area contributed by atoms with E-state index in [9.17, 15) is 8.42 Å². The minimum Gasteiger partial charge on any atom is -0.310 e. The van der Waals surface area contributed by atoms with Gasteiger partial charge in [0.2, 0.25) is 10.0 Å². The fraction of sp³-hybridized carbons (Fsp3) is 0.700. The van der Waals surface area contributed by atoms with Gasteiger partial charge in [-0.05, 0) is 26.8 Å². The predicted molar refractivity (Wildman–Crippen MR) is 70.8 cm³/mol. The lowest BCUT2D eigenvalue weighted by molar-refractivity contribution is 0.579. The average Bonchev–Trinajstić information content (AvgIpc) is 2.50. The standard InChI is InChI=1S/C10H19N3O2S2/c1-8-9(2)16-10(13-8)7-11-5-4-6-12-17(3,14)15/h11-12H,4-7H2,1-3H3. The van der Waals surface area contributed by atoms with Gasteiger partial charge in [-0.15, -0.1) is 11.3 Å². The zero-order valence-electron chi connectivity index (χ0n) is 10.4. The third-order valence-electron chi connectivity index (χ3n) is 2.24. The molecule has 0 aliphatic heterocycles. The molecule has 0 aliphatic carbocycles. The number of nitrogens with zero attached hydrogens (tertiary/aromatic N) is 1. The van der Waals surface area contributed by atoms with Gasteiger partial charge < -0.3 is 5.32 Å². The number of thiazole rings is 1. The number of rotatable bonds is 7. The number of nitrogens with one attached hydrogen (secondary N) is 2. The van der Waals surface area contributed by atoms with Crippen LogP contribution in [0.4, 0.5) is 0 Å². The lowest BCUT2D eigenvalue weighted by Crippen LogP contribution is -2.26. The Labute approximate surface area is 107 Å². The Balaban J connectivity index is 2.12. The van der Waals surface area contributed by atoms with E-state index >= 15 is 0 Å². The molecule has 98 valence electrons. The van der Waals surface area contributed by atoms with Crippen LogP contribution in [0.25, 0.3) is 0 Å². The lowest BCUT2D eigenvalue weighted by atomic mass is 10.4. The van der Waals surface area contributed by atoms with Gasteiger partial charge >= 0.3 is 0 Å². The molecular formula is C10H19N3O2S2. The topological polar surface area (TPSA) is 71.1 Å². The van der Waals surface area contributed by atoms with E-state index in [-0.39, 0.29) is 0 Å². The maximum atomic E-state index is 10.8. The number of hydrogen-bond donors (Lipinski definition) is 2. The molecule has 17 heavy (non-hydrogen) atoms. The molecule has 0 saturated heterocycles. The van der Waals surface area contributed by atoms with Crippen LogP contribution in [0.15, 0.2) is 0 Å². The van der Waals surface area contributed by atoms with E-state index in [0.717, 1.165) is 30.2 Å². The van der Waals surface area contributed by atoms with Gasteiger partial charge in [-0.3, -0.25) is 0 Å². The van der Waals surface area contributed by atoms with Gasteiger partial charge in [-0.2, -0.15) is 0 Å². The summed E-state index contributed by atoms with van der Waals surface area (Å²) in [5.74, 6) is 0. The summed E-state index contributed by atoms with van der Waals surface area (Å²) >= 11 is 1.70. The van der Waals surface area contributed by atoms with Crippen LogP contribution in [0, 0.1) is 13.8 Å². The molecule has 1 heterocycles. The number of sulfonamides is 1. The monoisotopic (exact) mass is 277 g/mol. The summed E-state index contributed by atoms with van der Waals surface area (Å²) in [5.41, 5.74) is 1.09. The minimum atomic E-state index is -3.05. The summed E-state index contributed by atoms with van der Waals surface area (Å²) < 4.78 is 24.0. The SMILES string of the molecule is Cc1nc(CNCCCNS(C)(=O)=O)sc1C. The molecular weight excluding hydrogens is 258 g/mol. The van der Waals surface area contributed by atoms with E-state index in [0.29, 0.717) is 6.54 Å². The Hall–Kier alpha value is -0.500. The van der Waals surface area contributed by atoms with Crippen molar-refractivity contribution in [3.05, 3.63) is 15.6 Å². The van der Waals surface area contributed by atoms with Crippen LogP contribution in [0.3, 0.4) is 0 Å². The summed E-state index contributed by atoms with van der Waals surface area (Å²) in [7, 11) is -3.05. The Morgan fingerprint density at radius 1 is 1.29 bits per heavy atom. The van der Waals surface area contributed by atoms with Gasteiger partial charge in [0.25, 0.3) is 0 Å². The van der Waals surface area contributed by atoms with Gasteiger partial charge in [0.15, 0.2) is 0 Å². The average molecular weight is 277 g/mol. The maximum Gasteiger partial charge on any atom is 0.208 e. The summed E-state index contributed by atoms with van der Waals surface area (Å²) in [6.07, 6.45) is 1.94. The molecule has 0 bridgehead atoms. The zero-order valence-corrected chi connectivity index (χ0v) is 12.0. The molecule has 0 aliphatic rings. The second-order valence-corrected chi connectivity index (χ2v) is 7.07. The van der Waals surface area contributed by atoms with Gasteiger partial charge in [-0.1, -0.05) is 0 Å². The third kappa shape index (κ3) is 6.11. The van der Waals surface area contributed by atoms with Crippen LogP contribution in [0.5, 0.6) is 0 Å². The molecule has 1 aromatic heterocycles. The molecule has 7 heteroatoms. The molecule has 1 aromatic rings. The fourth-order valence-electron chi connectivity index (χ4n) is 1.28. The zero-order chi connectivity index (χ0) is 12.9. The molecule has 0 unspecified atom stereocenters. The van der Waals surface area contributed by atoms with Crippen LogP contribution < -0.4 is 10.0 Å². The van der Waals surface area contributed by atoms with Crippen molar-refractivity contribution in [3.63, 3.8) is 0 Å². The summed E-state index contributed by atoms with van der Waals surface area (Å²) in [6.45, 7) is 6.07. The van der Waals surface area contributed by atoms with Crippen molar-refractivity contribution in [2.45, 2.75) is 26.8 Å². The van der Waals surface area contributed by atoms with Gasteiger partial charge in [-0.25, -0.2) is 18.1 Å². The fourth-order valence-corrected chi connectivity index (χ4v) is 2.70. The Kier molecular flexibility index (Phi) is 5.51. The smallest absolute Gasteiger partial charge is 0.208 e. The molecule has 0 spiro atoms. The maximum absolute atomic E-state index is 10.8. The van der Waals surface area contributed by atoms with E-state index < -0.39 is 10.0 Å². The first kappa shape index (κ1) is 14.6. The second-order valence-electron chi connectivity index (χ2n) is 3.95. The van der Waals surface area contributed by atoms with Crippen molar-refractivity contribution in [2.24, 2.45) is 0 Å². The van der Waals surface area contributed by atoms with Crippen LogP contribution in [0.1, 0.15) is 22.0 Å². The molecule has 1 rings (SSSR count). The molecule has 0 aromatic carbocycles. The quantitative estimate of drug-likeness (QED) is 0.723. The Morgan fingerprint density at radius 2 is 2.00 bits per heavy atom. The number of aryl methyl sites for hydroxylation is 2. The highest BCUT2D eigenvalue weighted by Crippen LogP contribution is 2.15. The molecule has 5 nitrogen and oxygen atoms in total.